The van der Waals surface area contributed by atoms with Gasteiger partial charge in [0.25, 0.3) is 0 Å². The standard InChI is InChI=1S/C64H38N2O3/c1-3-16-39(17-4-1)40-32-34-41(35-33-40)55-38-56(66-64(65-55)42-18-5-2-6-19-42)60-53(51-27-14-25-49-46-21-8-11-30-58(46)68-62(49)51)36-43(44-23-13-24-48-45-20-7-10-29-57(45)67-61(44)48)37-54(60)52-28-15-26-50-47-22-9-12-31-59(47)69-63(50)52/h1-38H. The van der Waals surface area contributed by atoms with Crippen LogP contribution in [0.25, 0.3) is 144 Å². The molecule has 0 unspecified atom stereocenters. The van der Waals surface area contributed by atoms with Gasteiger partial charge in [-0.3, -0.25) is 0 Å². The van der Waals surface area contributed by atoms with Crippen LogP contribution >= 0.6 is 0 Å². The lowest BCUT2D eigenvalue weighted by Gasteiger charge is -2.20. The van der Waals surface area contributed by atoms with E-state index >= 15 is 0 Å². The molecule has 0 spiro atoms. The Balaban J connectivity index is 1.12. The Morgan fingerprint density at radius 1 is 0.246 bits per heavy atom. The number of nitrogens with zero attached hydrogens (tertiary/aromatic N) is 2. The molecule has 5 heteroatoms. The van der Waals surface area contributed by atoms with Crippen LogP contribution in [0.15, 0.2) is 244 Å². The highest BCUT2D eigenvalue weighted by Crippen LogP contribution is 2.50. The summed E-state index contributed by atoms with van der Waals surface area (Å²) in [5, 5.41) is 6.31. The van der Waals surface area contributed by atoms with E-state index in [-0.39, 0.29) is 0 Å². The van der Waals surface area contributed by atoms with Gasteiger partial charge in [-0.2, -0.15) is 0 Å². The van der Waals surface area contributed by atoms with Crippen molar-refractivity contribution in [1.29, 1.82) is 0 Å². The van der Waals surface area contributed by atoms with Crippen LogP contribution in [-0.4, -0.2) is 9.97 Å². The van der Waals surface area contributed by atoms with Crippen molar-refractivity contribution < 1.29 is 13.3 Å². The maximum absolute atomic E-state index is 6.90. The average Bonchev–Trinajstić information content (AvgIpc) is 4.13. The smallest absolute Gasteiger partial charge is 0.160 e. The monoisotopic (exact) mass is 882 g/mol. The normalized spacial score (nSPS) is 11.8. The molecule has 0 saturated heterocycles. The summed E-state index contributed by atoms with van der Waals surface area (Å²) < 4.78 is 20.6. The van der Waals surface area contributed by atoms with Gasteiger partial charge in [-0.1, -0.05) is 194 Å². The molecule has 69 heavy (non-hydrogen) atoms. The maximum Gasteiger partial charge on any atom is 0.160 e. The van der Waals surface area contributed by atoms with Crippen LogP contribution in [-0.2, 0) is 0 Å². The van der Waals surface area contributed by atoms with Gasteiger partial charge in [-0.05, 0) is 64.2 Å². The molecule has 0 aliphatic carbocycles. The predicted octanol–water partition coefficient (Wildman–Crippen LogP) is 17.8. The largest absolute Gasteiger partial charge is 0.455 e. The van der Waals surface area contributed by atoms with Crippen molar-refractivity contribution in [3.05, 3.63) is 231 Å². The molecule has 0 bridgehead atoms. The second kappa shape index (κ2) is 15.7. The second-order valence-corrected chi connectivity index (χ2v) is 17.6. The Morgan fingerprint density at radius 3 is 1.16 bits per heavy atom. The van der Waals surface area contributed by atoms with Gasteiger partial charge < -0.3 is 13.3 Å². The first-order valence-corrected chi connectivity index (χ1v) is 23.2. The van der Waals surface area contributed by atoms with E-state index < -0.39 is 0 Å². The Labute approximate surface area is 396 Å². The second-order valence-electron chi connectivity index (χ2n) is 17.6. The summed E-state index contributed by atoms with van der Waals surface area (Å²) in [5.41, 5.74) is 17.3. The lowest BCUT2D eigenvalue weighted by molar-refractivity contribution is 0.670. The number of furan rings is 3. The predicted molar refractivity (Wildman–Crippen MR) is 282 cm³/mol. The van der Waals surface area contributed by atoms with Crippen molar-refractivity contribution >= 4 is 65.8 Å². The van der Waals surface area contributed by atoms with Crippen molar-refractivity contribution in [2.45, 2.75) is 0 Å². The van der Waals surface area contributed by atoms with Crippen LogP contribution in [0.3, 0.4) is 0 Å². The van der Waals surface area contributed by atoms with Crippen LogP contribution in [0.2, 0.25) is 0 Å². The number of aromatic nitrogens is 2. The number of fused-ring (bicyclic) bond motifs is 9. The van der Waals surface area contributed by atoms with E-state index in [1.165, 1.54) is 0 Å². The van der Waals surface area contributed by atoms with Gasteiger partial charge in [0.15, 0.2) is 5.82 Å². The zero-order valence-corrected chi connectivity index (χ0v) is 37.1. The first-order chi connectivity index (χ1) is 34.2. The van der Waals surface area contributed by atoms with E-state index in [4.69, 9.17) is 23.2 Å². The van der Waals surface area contributed by atoms with Gasteiger partial charge in [0.05, 0.1) is 11.4 Å². The number of rotatable bonds is 7. The summed E-state index contributed by atoms with van der Waals surface area (Å²) in [7, 11) is 0. The molecule has 10 aromatic carbocycles. The van der Waals surface area contributed by atoms with Crippen LogP contribution in [0.5, 0.6) is 0 Å². The van der Waals surface area contributed by atoms with E-state index in [9.17, 15) is 0 Å². The van der Waals surface area contributed by atoms with E-state index in [0.29, 0.717) is 5.82 Å². The summed E-state index contributed by atoms with van der Waals surface area (Å²) >= 11 is 0. The van der Waals surface area contributed by atoms with Crippen LogP contribution < -0.4 is 0 Å². The number of benzene rings is 10. The highest BCUT2D eigenvalue weighted by molar-refractivity contribution is 6.16. The van der Waals surface area contributed by atoms with Crippen LogP contribution in [0.4, 0.5) is 0 Å². The number of para-hydroxylation sites is 6. The molecule has 5 nitrogen and oxygen atoms in total. The van der Waals surface area contributed by atoms with Crippen molar-refractivity contribution in [2.75, 3.05) is 0 Å². The van der Waals surface area contributed by atoms with Crippen molar-refractivity contribution in [1.82, 2.24) is 9.97 Å². The molecule has 322 valence electrons. The third-order valence-electron chi connectivity index (χ3n) is 13.5. The summed E-state index contributed by atoms with van der Waals surface area (Å²) in [5.74, 6) is 0.618. The van der Waals surface area contributed by atoms with Gasteiger partial charge in [0.1, 0.15) is 33.5 Å². The number of hydrogen-bond acceptors (Lipinski definition) is 5. The molecule has 14 aromatic rings. The van der Waals surface area contributed by atoms with Crippen molar-refractivity contribution in [3.8, 4) is 78.4 Å². The van der Waals surface area contributed by atoms with Crippen LogP contribution in [0.1, 0.15) is 0 Å². The molecule has 0 atom stereocenters. The summed E-state index contributed by atoms with van der Waals surface area (Å²) in [6.45, 7) is 0. The zero-order valence-electron chi connectivity index (χ0n) is 37.1. The SMILES string of the molecule is c1ccc(-c2ccc(-c3cc(-c4c(-c5cccc6c5oc5ccccc56)cc(-c5cccc6c5oc5ccccc56)cc4-c4cccc5c4oc4ccccc45)nc(-c4ccccc4)n3)cc2)cc1. The van der Waals surface area contributed by atoms with Gasteiger partial charge in [-0.25, -0.2) is 9.97 Å². The Hall–Kier alpha value is -9.32. The van der Waals surface area contributed by atoms with Gasteiger partial charge in [-0.15, -0.1) is 0 Å². The van der Waals surface area contributed by atoms with Gasteiger partial charge in [0.2, 0.25) is 0 Å². The first-order valence-electron chi connectivity index (χ1n) is 23.2. The molecule has 0 aliphatic heterocycles. The minimum atomic E-state index is 0.618. The fourth-order valence-electron chi connectivity index (χ4n) is 10.3. The quantitative estimate of drug-likeness (QED) is 0.160. The topological polar surface area (TPSA) is 65.2 Å². The minimum Gasteiger partial charge on any atom is -0.455 e. The van der Waals surface area contributed by atoms with Gasteiger partial charge in [0, 0.05) is 65.7 Å². The summed E-state index contributed by atoms with van der Waals surface area (Å²) in [4.78, 5) is 10.9. The molecule has 4 heterocycles. The minimum absolute atomic E-state index is 0.618. The molecule has 0 aliphatic rings. The molecule has 14 rings (SSSR count). The fourth-order valence-corrected chi connectivity index (χ4v) is 10.3. The van der Waals surface area contributed by atoms with E-state index in [1.54, 1.807) is 0 Å². The summed E-state index contributed by atoms with van der Waals surface area (Å²) in [6, 6.07) is 80.2. The van der Waals surface area contributed by atoms with E-state index in [0.717, 1.165) is 138 Å². The molecule has 0 saturated carbocycles. The lowest BCUT2D eigenvalue weighted by Crippen LogP contribution is -2.00. The fraction of sp³-hybridized carbons (Fsp3) is 0. The Morgan fingerprint density at radius 2 is 0.638 bits per heavy atom. The van der Waals surface area contributed by atoms with E-state index in [1.807, 2.05) is 60.7 Å². The maximum atomic E-state index is 6.90. The average molecular weight is 883 g/mol. The lowest BCUT2D eigenvalue weighted by atomic mass is 9.85. The molecule has 0 amide bonds. The van der Waals surface area contributed by atoms with Crippen molar-refractivity contribution in [2.24, 2.45) is 0 Å². The highest BCUT2D eigenvalue weighted by Gasteiger charge is 2.26. The zero-order chi connectivity index (χ0) is 45.4. The molecule has 0 N–H and O–H groups in total. The van der Waals surface area contributed by atoms with Crippen LogP contribution in [0, 0.1) is 0 Å². The third kappa shape index (κ3) is 6.40. The Bertz CT molecular complexity index is 4160. The molecule has 4 aromatic heterocycles. The first kappa shape index (κ1) is 38.9. The Kier molecular flexibility index (Phi) is 8.83. The molecule has 0 fully saturated rings. The third-order valence-corrected chi connectivity index (χ3v) is 13.5. The molecular weight excluding hydrogens is 845 g/mol. The summed E-state index contributed by atoms with van der Waals surface area (Å²) in [6.07, 6.45) is 0. The number of hydrogen-bond donors (Lipinski definition) is 0. The molecular formula is C64H38N2O3. The highest BCUT2D eigenvalue weighted by atomic mass is 16.3. The molecule has 0 radical (unpaired) electrons. The van der Waals surface area contributed by atoms with Crippen molar-refractivity contribution in [3.63, 3.8) is 0 Å². The van der Waals surface area contributed by atoms with Gasteiger partial charge >= 0.3 is 0 Å². The van der Waals surface area contributed by atoms with E-state index in [2.05, 4.69) is 170 Å².